The molecule has 1 aromatic rings. The summed E-state index contributed by atoms with van der Waals surface area (Å²) in [4.78, 5) is 30.6. The number of benzene rings is 1. The van der Waals surface area contributed by atoms with Gasteiger partial charge in [0.05, 0.1) is 6.04 Å². The molecular weight excluding hydrogens is 294 g/mol. The van der Waals surface area contributed by atoms with Gasteiger partial charge in [-0.15, -0.1) is 0 Å². The Kier molecular flexibility index (Phi) is 4.52. The van der Waals surface area contributed by atoms with Crippen molar-refractivity contribution in [2.45, 2.75) is 18.9 Å². The number of hydrogen-bond donors (Lipinski definition) is 1. The second-order valence-corrected chi connectivity index (χ2v) is 6.29. The van der Waals surface area contributed by atoms with Crippen LogP contribution in [0.4, 0.5) is 0 Å². The van der Waals surface area contributed by atoms with E-state index in [2.05, 4.69) is 4.90 Å². The molecule has 1 unspecified atom stereocenters. The van der Waals surface area contributed by atoms with Crippen LogP contribution in [0.3, 0.4) is 0 Å². The van der Waals surface area contributed by atoms with Gasteiger partial charge in [0.15, 0.2) is 0 Å². The molecule has 2 amide bonds. The van der Waals surface area contributed by atoms with Crippen molar-refractivity contribution in [2.75, 3.05) is 39.8 Å². The number of phenolic OH excluding ortho intramolecular Hbond substituents is 1. The van der Waals surface area contributed by atoms with Gasteiger partial charge in [-0.25, -0.2) is 0 Å². The smallest absolute Gasteiger partial charge is 0.253 e. The van der Waals surface area contributed by atoms with E-state index in [0.717, 1.165) is 32.5 Å². The van der Waals surface area contributed by atoms with Crippen molar-refractivity contribution in [3.63, 3.8) is 0 Å². The zero-order chi connectivity index (χ0) is 16.4. The largest absolute Gasteiger partial charge is 0.508 e. The number of likely N-dealkylation sites (tertiary alicyclic amines) is 1. The van der Waals surface area contributed by atoms with Gasteiger partial charge < -0.3 is 14.9 Å². The van der Waals surface area contributed by atoms with Gasteiger partial charge >= 0.3 is 0 Å². The van der Waals surface area contributed by atoms with Crippen LogP contribution >= 0.6 is 0 Å². The fourth-order valence-electron chi connectivity index (χ4n) is 3.37. The minimum absolute atomic E-state index is 0.0169. The summed E-state index contributed by atoms with van der Waals surface area (Å²) >= 11 is 0. The van der Waals surface area contributed by atoms with E-state index in [1.807, 2.05) is 16.8 Å². The number of carbonyl (C=O) groups excluding carboxylic acids is 2. The summed E-state index contributed by atoms with van der Waals surface area (Å²) < 4.78 is 0. The fraction of sp³-hybridized carbons (Fsp3) is 0.529. The second-order valence-electron chi connectivity index (χ2n) is 6.29. The highest BCUT2D eigenvalue weighted by Crippen LogP contribution is 2.19. The van der Waals surface area contributed by atoms with Crippen molar-refractivity contribution >= 4 is 11.8 Å². The third kappa shape index (κ3) is 3.32. The van der Waals surface area contributed by atoms with Crippen molar-refractivity contribution < 1.29 is 14.7 Å². The first kappa shape index (κ1) is 15.8. The molecule has 1 N–H and O–H groups in total. The van der Waals surface area contributed by atoms with Crippen LogP contribution < -0.4 is 0 Å². The van der Waals surface area contributed by atoms with Crippen LogP contribution in [0.5, 0.6) is 5.75 Å². The number of phenols is 1. The van der Waals surface area contributed by atoms with Gasteiger partial charge in [-0.3, -0.25) is 14.5 Å². The summed E-state index contributed by atoms with van der Waals surface area (Å²) in [5.74, 6) is 0.345. The van der Waals surface area contributed by atoms with E-state index < -0.39 is 0 Å². The van der Waals surface area contributed by atoms with Gasteiger partial charge in [0.1, 0.15) is 5.75 Å². The Morgan fingerprint density at radius 1 is 1.09 bits per heavy atom. The zero-order valence-corrected chi connectivity index (χ0v) is 13.4. The molecule has 2 aliphatic heterocycles. The number of hydrogen-bond acceptors (Lipinski definition) is 4. The molecule has 1 atom stereocenters. The minimum atomic E-state index is -0.0281. The summed E-state index contributed by atoms with van der Waals surface area (Å²) in [5, 5.41) is 9.31. The number of piperidine rings is 1. The fourth-order valence-corrected chi connectivity index (χ4v) is 3.37. The molecule has 0 spiro atoms. The van der Waals surface area contributed by atoms with E-state index in [9.17, 15) is 14.7 Å². The molecule has 1 aromatic carbocycles. The van der Waals surface area contributed by atoms with Gasteiger partial charge in [-0.2, -0.15) is 0 Å². The van der Waals surface area contributed by atoms with Crippen LogP contribution in [0, 0.1) is 0 Å². The average molecular weight is 317 g/mol. The Balaban J connectivity index is 1.59. The lowest BCUT2D eigenvalue weighted by Crippen LogP contribution is -2.57. The molecular formula is C17H23N3O3. The van der Waals surface area contributed by atoms with E-state index in [1.54, 1.807) is 12.1 Å². The van der Waals surface area contributed by atoms with E-state index in [0.29, 0.717) is 18.7 Å². The predicted molar refractivity (Wildman–Crippen MR) is 86.2 cm³/mol. The van der Waals surface area contributed by atoms with Crippen molar-refractivity contribution in [3.8, 4) is 5.75 Å². The highest BCUT2D eigenvalue weighted by molar-refractivity contribution is 5.94. The van der Waals surface area contributed by atoms with E-state index in [1.165, 1.54) is 12.1 Å². The summed E-state index contributed by atoms with van der Waals surface area (Å²) in [7, 11) is 1.86. The first-order chi connectivity index (χ1) is 11.1. The van der Waals surface area contributed by atoms with Crippen LogP contribution in [-0.4, -0.2) is 77.4 Å². The van der Waals surface area contributed by atoms with Crippen molar-refractivity contribution in [2.24, 2.45) is 0 Å². The number of piperazine rings is 1. The molecule has 2 aliphatic rings. The summed E-state index contributed by atoms with van der Waals surface area (Å²) in [6.45, 7) is 3.57. The Labute approximate surface area is 136 Å². The third-order valence-electron chi connectivity index (χ3n) is 4.79. The molecule has 124 valence electrons. The van der Waals surface area contributed by atoms with Crippen LogP contribution in [0.2, 0.25) is 0 Å². The monoisotopic (exact) mass is 317 g/mol. The quantitative estimate of drug-likeness (QED) is 0.875. The third-order valence-corrected chi connectivity index (χ3v) is 4.79. The van der Waals surface area contributed by atoms with Crippen molar-refractivity contribution in [1.82, 2.24) is 14.7 Å². The lowest BCUT2D eigenvalue weighted by Gasteiger charge is -2.41. The molecule has 6 nitrogen and oxygen atoms in total. The van der Waals surface area contributed by atoms with Gasteiger partial charge in [0.2, 0.25) is 5.91 Å². The van der Waals surface area contributed by atoms with Crippen molar-refractivity contribution in [3.05, 3.63) is 29.8 Å². The Morgan fingerprint density at radius 2 is 1.74 bits per heavy atom. The Hall–Kier alpha value is -2.08. The molecule has 2 heterocycles. The van der Waals surface area contributed by atoms with Gasteiger partial charge in [-0.05, 0) is 37.1 Å². The van der Waals surface area contributed by atoms with E-state index in [-0.39, 0.29) is 23.6 Å². The number of likely N-dealkylation sites (N-methyl/N-ethyl adjacent to an activating group) is 1. The van der Waals surface area contributed by atoms with Gasteiger partial charge in [-0.1, -0.05) is 0 Å². The average Bonchev–Trinajstić information content (AvgIpc) is 2.58. The van der Waals surface area contributed by atoms with E-state index >= 15 is 0 Å². The highest BCUT2D eigenvalue weighted by atomic mass is 16.3. The predicted octanol–water partition coefficient (Wildman–Crippen LogP) is 0.771. The first-order valence-electron chi connectivity index (χ1n) is 8.13. The van der Waals surface area contributed by atoms with Crippen LogP contribution in [0.25, 0.3) is 0 Å². The maximum atomic E-state index is 12.5. The number of rotatable bonds is 2. The minimum Gasteiger partial charge on any atom is -0.508 e. The van der Waals surface area contributed by atoms with E-state index in [4.69, 9.17) is 0 Å². The molecule has 0 saturated carbocycles. The molecule has 0 radical (unpaired) electrons. The van der Waals surface area contributed by atoms with Gasteiger partial charge in [0.25, 0.3) is 5.91 Å². The lowest BCUT2D eigenvalue weighted by atomic mass is 10.0. The molecule has 23 heavy (non-hydrogen) atoms. The summed E-state index contributed by atoms with van der Waals surface area (Å²) in [6, 6.07) is 6.31. The number of amides is 2. The van der Waals surface area contributed by atoms with Crippen LogP contribution in [0.15, 0.2) is 24.3 Å². The molecule has 0 bridgehead atoms. The normalized spacial score (nSPS) is 23.2. The second kappa shape index (κ2) is 6.58. The summed E-state index contributed by atoms with van der Waals surface area (Å²) in [5.41, 5.74) is 0.588. The maximum absolute atomic E-state index is 12.5. The first-order valence-corrected chi connectivity index (χ1v) is 8.13. The summed E-state index contributed by atoms with van der Waals surface area (Å²) in [6.07, 6.45) is 1.95. The molecule has 0 aromatic heterocycles. The number of nitrogens with zero attached hydrogens (tertiary/aromatic N) is 3. The Bertz CT molecular complexity index is 579. The molecule has 6 heteroatoms. The molecule has 0 aliphatic carbocycles. The molecule has 3 rings (SSSR count). The van der Waals surface area contributed by atoms with Crippen LogP contribution in [-0.2, 0) is 4.79 Å². The topological polar surface area (TPSA) is 64.1 Å². The van der Waals surface area contributed by atoms with Crippen LogP contribution in [0.1, 0.15) is 23.2 Å². The molecule has 2 fully saturated rings. The zero-order valence-electron chi connectivity index (χ0n) is 13.4. The van der Waals surface area contributed by atoms with Gasteiger partial charge in [0, 0.05) is 45.3 Å². The van der Waals surface area contributed by atoms with Crippen molar-refractivity contribution in [1.29, 1.82) is 0 Å². The Morgan fingerprint density at radius 3 is 2.39 bits per heavy atom. The number of carbonyl (C=O) groups is 2. The number of aromatic hydroxyl groups is 1. The molecule has 2 saturated heterocycles. The highest BCUT2D eigenvalue weighted by Gasteiger charge is 2.34. The lowest BCUT2D eigenvalue weighted by molar-refractivity contribution is -0.139. The maximum Gasteiger partial charge on any atom is 0.253 e. The standard InChI is InChI=1S/C17H23N3O3/c1-18-8-2-3-15(17(18)23)19-9-11-20(12-10-19)16(22)13-4-6-14(21)7-5-13/h4-7,15,21H,2-3,8-12H2,1H3. The SMILES string of the molecule is CN1CCCC(N2CCN(C(=O)c3ccc(O)cc3)CC2)C1=O.